The third kappa shape index (κ3) is 3.44. The lowest BCUT2D eigenvalue weighted by Gasteiger charge is -2.12. The number of rotatable bonds is 4. The van der Waals surface area contributed by atoms with Gasteiger partial charge in [0, 0.05) is 0 Å². The highest BCUT2D eigenvalue weighted by Gasteiger charge is 2.13. The SMILES string of the molecule is CNS(=O)(=O)c1ccc(Nc2cc(F)ccc2Cl)c(N)c1. The Labute approximate surface area is 127 Å². The Morgan fingerprint density at radius 1 is 1.14 bits per heavy atom. The molecule has 0 heterocycles. The first kappa shape index (κ1) is 15.6. The molecule has 2 rings (SSSR count). The first-order valence-electron chi connectivity index (χ1n) is 5.88. The molecule has 2 aromatic carbocycles. The summed E-state index contributed by atoms with van der Waals surface area (Å²) in [7, 11) is -2.26. The minimum atomic E-state index is -3.57. The number of nitrogens with one attached hydrogen (secondary N) is 2. The summed E-state index contributed by atoms with van der Waals surface area (Å²) in [5, 5.41) is 3.19. The van der Waals surface area contributed by atoms with Crippen molar-refractivity contribution in [1.29, 1.82) is 0 Å². The van der Waals surface area contributed by atoms with Crippen LogP contribution in [0.1, 0.15) is 0 Å². The molecule has 2 aromatic rings. The van der Waals surface area contributed by atoms with Gasteiger partial charge in [0.15, 0.2) is 0 Å². The number of nitrogen functional groups attached to an aromatic ring is 1. The molecular weight excluding hydrogens is 317 g/mol. The highest BCUT2D eigenvalue weighted by atomic mass is 35.5. The van der Waals surface area contributed by atoms with E-state index in [2.05, 4.69) is 10.0 Å². The normalized spacial score (nSPS) is 11.4. The third-order valence-corrected chi connectivity index (χ3v) is 4.54. The van der Waals surface area contributed by atoms with Crippen molar-refractivity contribution in [2.24, 2.45) is 0 Å². The predicted molar refractivity (Wildman–Crippen MR) is 81.8 cm³/mol. The lowest BCUT2D eigenvalue weighted by molar-refractivity contribution is 0.588. The van der Waals surface area contributed by atoms with E-state index in [1.165, 1.54) is 43.4 Å². The molecule has 0 radical (unpaired) electrons. The summed E-state index contributed by atoms with van der Waals surface area (Å²) in [6.45, 7) is 0. The molecule has 0 aliphatic carbocycles. The fraction of sp³-hybridized carbons (Fsp3) is 0.0769. The quantitative estimate of drug-likeness (QED) is 0.753. The maximum absolute atomic E-state index is 13.2. The second-order valence-corrected chi connectivity index (χ2v) is 6.50. The molecule has 5 nitrogen and oxygen atoms in total. The van der Waals surface area contributed by atoms with Gasteiger partial charge >= 0.3 is 0 Å². The minimum Gasteiger partial charge on any atom is -0.397 e. The zero-order valence-corrected chi connectivity index (χ0v) is 12.6. The van der Waals surface area contributed by atoms with E-state index in [1.54, 1.807) is 0 Å². The molecule has 0 atom stereocenters. The van der Waals surface area contributed by atoms with Crippen LogP contribution in [0.4, 0.5) is 21.5 Å². The molecule has 0 bridgehead atoms. The van der Waals surface area contributed by atoms with E-state index >= 15 is 0 Å². The van der Waals surface area contributed by atoms with Gasteiger partial charge in [0.05, 0.1) is 27.0 Å². The Bertz CT molecular complexity index is 781. The number of nitrogens with two attached hydrogens (primary N) is 1. The van der Waals surface area contributed by atoms with Gasteiger partial charge in [-0.25, -0.2) is 17.5 Å². The lowest BCUT2D eigenvalue weighted by atomic mass is 10.2. The molecule has 0 fully saturated rings. The van der Waals surface area contributed by atoms with Gasteiger partial charge in [-0.2, -0.15) is 0 Å². The van der Waals surface area contributed by atoms with E-state index in [-0.39, 0.29) is 10.6 Å². The molecule has 4 N–H and O–H groups in total. The number of sulfonamides is 1. The van der Waals surface area contributed by atoms with E-state index in [4.69, 9.17) is 17.3 Å². The number of anilines is 3. The highest BCUT2D eigenvalue weighted by Crippen LogP contribution is 2.30. The average Bonchev–Trinajstić information content (AvgIpc) is 2.44. The molecule has 112 valence electrons. The van der Waals surface area contributed by atoms with Crippen molar-refractivity contribution >= 4 is 38.7 Å². The van der Waals surface area contributed by atoms with Crippen LogP contribution in [0.2, 0.25) is 5.02 Å². The van der Waals surface area contributed by atoms with Crippen molar-refractivity contribution in [1.82, 2.24) is 4.72 Å². The summed E-state index contributed by atoms with van der Waals surface area (Å²) >= 11 is 5.95. The molecule has 0 amide bonds. The van der Waals surface area contributed by atoms with Crippen molar-refractivity contribution in [3.63, 3.8) is 0 Å². The van der Waals surface area contributed by atoms with Crippen molar-refractivity contribution in [2.75, 3.05) is 18.1 Å². The Morgan fingerprint density at radius 2 is 1.86 bits per heavy atom. The van der Waals surface area contributed by atoms with E-state index in [9.17, 15) is 12.8 Å². The van der Waals surface area contributed by atoms with Crippen LogP contribution in [-0.4, -0.2) is 15.5 Å². The summed E-state index contributed by atoms with van der Waals surface area (Å²) in [6, 6.07) is 8.05. The van der Waals surface area contributed by atoms with Crippen LogP contribution in [0.3, 0.4) is 0 Å². The van der Waals surface area contributed by atoms with Crippen molar-refractivity contribution < 1.29 is 12.8 Å². The standard InChI is InChI=1S/C13H13ClFN3O2S/c1-17-21(19,20)9-3-5-12(11(16)7-9)18-13-6-8(15)2-4-10(13)14/h2-7,17-18H,16H2,1H3. The lowest BCUT2D eigenvalue weighted by Crippen LogP contribution is -2.18. The number of hydrogen-bond acceptors (Lipinski definition) is 4. The molecule has 0 saturated carbocycles. The van der Waals surface area contributed by atoms with Gasteiger partial charge in [-0.3, -0.25) is 0 Å². The van der Waals surface area contributed by atoms with Crippen molar-refractivity contribution in [3.8, 4) is 0 Å². The first-order chi connectivity index (χ1) is 9.83. The fourth-order valence-electron chi connectivity index (χ4n) is 1.68. The van der Waals surface area contributed by atoms with Crippen LogP contribution in [0.5, 0.6) is 0 Å². The van der Waals surface area contributed by atoms with Crippen LogP contribution >= 0.6 is 11.6 Å². The largest absolute Gasteiger partial charge is 0.397 e. The van der Waals surface area contributed by atoms with E-state index < -0.39 is 15.8 Å². The monoisotopic (exact) mass is 329 g/mol. The van der Waals surface area contributed by atoms with Gasteiger partial charge in [-0.05, 0) is 43.4 Å². The molecule has 0 unspecified atom stereocenters. The Morgan fingerprint density at radius 3 is 2.48 bits per heavy atom. The molecule has 8 heteroatoms. The van der Waals surface area contributed by atoms with Crippen LogP contribution < -0.4 is 15.8 Å². The zero-order valence-electron chi connectivity index (χ0n) is 11.0. The maximum Gasteiger partial charge on any atom is 0.240 e. The maximum atomic E-state index is 13.2. The van der Waals surface area contributed by atoms with Crippen LogP contribution in [0.25, 0.3) is 0 Å². The average molecular weight is 330 g/mol. The summed E-state index contributed by atoms with van der Waals surface area (Å²) in [4.78, 5) is 0.0402. The summed E-state index contributed by atoms with van der Waals surface area (Å²) in [5.74, 6) is -0.449. The smallest absolute Gasteiger partial charge is 0.240 e. The Balaban J connectivity index is 2.36. The summed E-state index contributed by atoms with van der Waals surface area (Å²) in [5.41, 5.74) is 6.79. The number of hydrogen-bond donors (Lipinski definition) is 3. The molecular formula is C13H13ClFN3O2S. The molecule has 0 aliphatic heterocycles. The van der Waals surface area contributed by atoms with E-state index in [1.807, 2.05) is 0 Å². The topological polar surface area (TPSA) is 84.2 Å². The van der Waals surface area contributed by atoms with E-state index in [0.29, 0.717) is 16.4 Å². The highest BCUT2D eigenvalue weighted by molar-refractivity contribution is 7.89. The van der Waals surface area contributed by atoms with E-state index in [0.717, 1.165) is 0 Å². The second-order valence-electron chi connectivity index (χ2n) is 4.21. The number of benzene rings is 2. The second kappa shape index (κ2) is 5.88. The number of halogens is 2. The molecule has 0 aliphatic rings. The fourth-order valence-corrected chi connectivity index (χ4v) is 2.61. The van der Waals surface area contributed by atoms with Crippen LogP contribution in [-0.2, 0) is 10.0 Å². The van der Waals surface area contributed by atoms with Gasteiger partial charge in [-0.15, -0.1) is 0 Å². The first-order valence-corrected chi connectivity index (χ1v) is 7.75. The molecule has 0 saturated heterocycles. The van der Waals surface area contributed by atoms with Gasteiger partial charge in [-0.1, -0.05) is 11.6 Å². The third-order valence-electron chi connectivity index (χ3n) is 2.80. The minimum absolute atomic E-state index is 0.0402. The molecule has 21 heavy (non-hydrogen) atoms. The van der Waals surface area contributed by atoms with Gasteiger partial charge < -0.3 is 11.1 Å². The van der Waals surface area contributed by atoms with Gasteiger partial charge in [0.25, 0.3) is 0 Å². The van der Waals surface area contributed by atoms with Gasteiger partial charge in [0.1, 0.15) is 5.82 Å². The predicted octanol–water partition coefficient (Wildman–Crippen LogP) is 2.71. The molecule has 0 spiro atoms. The Hall–Kier alpha value is -1.83. The Kier molecular flexibility index (Phi) is 4.36. The van der Waals surface area contributed by atoms with Gasteiger partial charge in [0.2, 0.25) is 10.0 Å². The summed E-state index contributed by atoms with van der Waals surface area (Å²) < 4.78 is 38.7. The zero-order chi connectivity index (χ0) is 15.6. The van der Waals surface area contributed by atoms with Crippen molar-refractivity contribution in [2.45, 2.75) is 4.90 Å². The van der Waals surface area contributed by atoms with Crippen LogP contribution in [0.15, 0.2) is 41.3 Å². The summed E-state index contributed by atoms with van der Waals surface area (Å²) in [6.07, 6.45) is 0. The van der Waals surface area contributed by atoms with Crippen molar-refractivity contribution in [3.05, 3.63) is 47.2 Å². The molecule has 0 aromatic heterocycles. The van der Waals surface area contributed by atoms with Crippen LogP contribution in [0, 0.1) is 5.82 Å².